The van der Waals surface area contributed by atoms with Crippen LogP contribution >= 0.6 is 11.6 Å². The molecule has 26 heavy (non-hydrogen) atoms. The lowest BCUT2D eigenvalue weighted by Gasteiger charge is -2.13. The van der Waals surface area contributed by atoms with Gasteiger partial charge in [0.05, 0.1) is 12.7 Å². The second-order valence-electron chi connectivity index (χ2n) is 5.75. The van der Waals surface area contributed by atoms with Gasteiger partial charge in [-0.3, -0.25) is 9.59 Å². The van der Waals surface area contributed by atoms with Gasteiger partial charge in [0.25, 0.3) is 5.91 Å². The number of benzene rings is 2. The van der Waals surface area contributed by atoms with Gasteiger partial charge in [-0.05, 0) is 37.3 Å². The van der Waals surface area contributed by atoms with Crippen molar-refractivity contribution in [3.8, 4) is 5.75 Å². The van der Waals surface area contributed by atoms with E-state index < -0.39 is 18.0 Å². The van der Waals surface area contributed by atoms with E-state index in [9.17, 15) is 14.7 Å². The Morgan fingerprint density at radius 3 is 2.85 bits per heavy atom. The number of anilines is 1. The van der Waals surface area contributed by atoms with Crippen LogP contribution in [0.3, 0.4) is 0 Å². The van der Waals surface area contributed by atoms with Gasteiger partial charge in [0.15, 0.2) is 6.10 Å². The average molecular weight is 374 g/mol. The predicted molar refractivity (Wildman–Crippen MR) is 97.2 cm³/mol. The molecule has 3 aromatic rings. The van der Waals surface area contributed by atoms with E-state index in [1.54, 1.807) is 30.3 Å². The van der Waals surface area contributed by atoms with E-state index in [4.69, 9.17) is 20.8 Å². The summed E-state index contributed by atoms with van der Waals surface area (Å²) in [6.45, 7) is 1.49. The third kappa shape index (κ3) is 4.15. The maximum atomic E-state index is 12.1. The van der Waals surface area contributed by atoms with Crippen LogP contribution in [0.5, 0.6) is 5.75 Å². The number of furan rings is 1. The molecule has 0 unspecified atom stereocenters. The average Bonchev–Trinajstić information content (AvgIpc) is 2.96. The minimum absolute atomic E-state index is 0.0490. The molecule has 0 radical (unpaired) electrons. The van der Waals surface area contributed by atoms with Crippen LogP contribution < -0.4 is 5.32 Å². The van der Waals surface area contributed by atoms with Crippen LogP contribution in [0.1, 0.15) is 12.5 Å². The summed E-state index contributed by atoms with van der Waals surface area (Å²) in [6, 6.07) is 11.3. The Bertz CT molecular complexity index is 965. The van der Waals surface area contributed by atoms with Crippen LogP contribution in [0.15, 0.2) is 53.1 Å². The molecule has 0 bridgehead atoms. The highest BCUT2D eigenvalue weighted by Gasteiger charge is 2.19. The van der Waals surface area contributed by atoms with Crippen LogP contribution in [0, 0.1) is 0 Å². The van der Waals surface area contributed by atoms with E-state index in [1.165, 1.54) is 25.3 Å². The Kier molecular flexibility index (Phi) is 5.14. The quantitative estimate of drug-likeness (QED) is 0.662. The largest absolute Gasteiger partial charge is 0.508 e. The number of hydrogen-bond acceptors (Lipinski definition) is 5. The third-order valence-electron chi connectivity index (χ3n) is 3.74. The SMILES string of the molecule is C[C@H](OC(=O)Cc1coc2cc(O)ccc12)C(=O)Nc1cccc(Cl)c1. The molecule has 0 aliphatic carbocycles. The minimum Gasteiger partial charge on any atom is -0.508 e. The zero-order chi connectivity index (χ0) is 18.7. The van der Waals surface area contributed by atoms with Crippen molar-refractivity contribution in [1.82, 2.24) is 0 Å². The second-order valence-corrected chi connectivity index (χ2v) is 6.19. The summed E-state index contributed by atoms with van der Waals surface area (Å²) >= 11 is 5.87. The molecule has 0 fully saturated rings. The van der Waals surface area contributed by atoms with Crippen molar-refractivity contribution in [3.63, 3.8) is 0 Å². The van der Waals surface area contributed by atoms with Crippen LogP contribution in [0.4, 0.5) is 5.69 Å². The molecular formula is C19H16ClNO5. The molecule has 6 nitrogen and oxygen atoms in total. The summed E-state index contributed by atoms with van der Waals surface area (Å²) < 4.78 is 10.5. The number of amides is 1. The van der Waals surface area contributed by atoms with Gasteiger partial charge in [-0.2, -0.15) is 0 Å². The monoisotopic (exact) mass is 373 g/mol. The molecule has 1 amide bonds. The molecule has 1 heterocycles. The maximum Gasteiger partial charge on any atom is 0.311 e. The van der Waals surface area contributed by atoms with E-state index in [-0.39, 0.29) is 12.2 Å². The second kappa shape index (κ2) is 7.49. The molecule has 0 saturated heterocycles. The van der Waals surface area contributed by atoms with Gasteiger partial charge in [-0.25, -0.2) is 0 Å². The van der Waals surface area contributed by atoms with E-state index in [0.29, 0.717) is 27.2 Å². The Hall–Kier alpha value is -2.99. The van der Waals surface area contributed by atoms with E-state index in [2.05, 4.69) is 5.32 Å². The summed E-state index contributed by atoms with van der Waals surface area (Å²) in [5.41, 5.74) is 1.61. The predicted octanol–water partition coefficient (Wildman–Crippen LogP) is 3.90. The smallest absolute Gasteiger partial charge is 0.311 e. The molecule has 2 N–H and O–H groups in total. The van der Waals surface area contributed by atoms with Gasteiger partial charge in [-0.15, -0.1) is 0 Å². The van der Waals surface area contributed by atoms with Crippen molar-refractivity contribution in [2.24, 2.45) is 0 Å². The summed E-state index contributed by atoms with van der Waals surface area (Å²) in [7, 11) is 0. The summed E-state index contributed by atoms with van der Waals surface area (Å²) in [5.74, 6) is -0.940. The van der Waals surface area contributed by atoms with Crippen molar-refractivity contribution < 1.29 is 23.8 Å². The fraction of sp³-hybridized carbons (Fsp3) is 0.158. The van der Waals surface area contributed by atoms with Crippen molar-refractivity contribution in [1.29, 1.82) is 0 Å². The summed E-state index contributed by atoms with van der Waals surface area (Å²) in [4.78, 5) is 24.3. The first-order valence-corrected chi connectivity index (χ1v) is 8.25. The highest BCUT2D eigenvalue weighted by Crippen LogP contribution is 2.25. The first-order chi connectivity index (χ1) is 12.4. The Morgan fingerprint density at radius 2 is 2.08 bits per heavy atom. The van der Waals surface area contributed by atoms with Crippen LogP contribution in [0.2, 0.25) is 5.02 Å². The Labute approximate surface area is 154 Å². The van der Waals surface area contributed by atoms with Gasteiger partial charge in [0.2, 0.25) is 0 Å². The number of esters is 1. The van der Waals surface area contributed by atoms with Crippen LogP contribution in [0.25, 0.3) is 11.0 Å². The van der Waals surface area contributed by atoms with Gasteiger partial charge >= 0.3 is 5.97 Å². The van der Waals surface area contributed by atoms with Gasteiger partial charge in [0.1, 0.15) is 11.3 Å². The molecule has 2 aromatic carbocycles. The number of carbonyl (C=O) groups is 2. The highest BCUT2D eigenvalue weighted by atomic mass is 35.5. The number of phenolic OH excluding ortho intramolecular Hbond substituents is 1. The normalized spacial score (nSPS) is 11.9. The highest BCUT2D eigenvalue weighted by molar-refractivity contribution is 6.30. The van der Waals surface area contributed by atoms with E-state index >= 15 is 0 Å². The first-order valence-electron chi connectivity index (χ1n) is 7.87. The van der Waals surface area contributed by atoms with E-state index in [1.807, 2.05) is 0 Å². The number of aromatic hydroxyl groups is 1. The van der Waals surface area contributed by atoms with Crippen molar-refractivity contribution >= 4 is 40.1 Å². The number of fused-ring (bicyclic) bond motifs is 1. The standard InChI is InChI=1S/C19H16ClNO5/c1-11(19(24)21-14-4-2-3-13(20)8-14)26-18(23)7-12-10-25-17-9-15(22)5-6-16(12)17/h2-6,8-11,22H,7H2,1H3,(H,21,24)/t11-/m0/s1. The fourth-order valence-corrected chi connectivity index (χ4v) is 2.66. The molecule has 7 heteroatoms. The maximum absolute atomic E-state index is 12.1. The first kappa shape index (κ1) is 17.8. The molecule has 1 atom stereocenters. The van der Waals surface area contributed by atoms with Gasteiger partial charge in [-0.1, -0.05) is 17.7 Å². The van der Waals surface area contributed by atoms with Crippen molar-refractivity contribution in [2.45, 2.75) is 19.4 Å². The summed E-state index contributed by atoms with van der Waals surface area (Å²) in [5, 5.41) is 13.3. The molecule has 3 rings (SSSR count). The zero-order valence-corrected chi connectivity index (χ0v) is 14.6. The van der Waals surface area contributed by atoms with Crippen molar-refractivity contribution in [3.05, 3.63) is 59.3 Å². The lowest BCUT2D eigenvalue weighted by Crippen LogP contribution is -2.30. The van der Waals surface area contributed by atoms with Gasteiger partial charge < -0.3 is 19.6 Å². The lowest BCUT2D eigenvalue weighted by atomic mass is 10.1. The van der Waals surface area contributed by atoms with Crippen LogP contribution in [-0.4, -0.2) is 23.1 Å². The molecule has 0 aliphatic rings. The third-order valence-corrected chi connectivity index (χ3v) is 3.98. The fourth-order valence-electron chi connectivity index (χ4n) is 2.47. The molecule has 0 spiro atoms. The molecular weight excluding hydrogens is 358 g/mol. The number of rotatable bonds is 5. The topological polar surface area (TPSA) is 88.8 Å². The number of hydrogen-bond donors (Lipinski definition) is 2. The van der Waals surface area contributed by atoms with Crippen LogP contribution in [-0.2, 0) is 20.7 Å². The Morgan fingerprint density at radius 1 is 1.27 bits per heavy atom. The lowest BCUT2D eigenvalue weighted by molar-refractivity contribution is -0.152. The Balaban J connectivity index is 1.60. The number of phenols is 1. The molecule has 0 saturated carbocycles. The number of ether oxygens (including phenoxy) is 1. The number of halogens is 1. The van der Waals surface area contributed by atoms with E-state index in [0.717, 1.165) is 0 Å². The summed E-state index contributed by atoms with van der Waals surface area (Å²) in [6.07, 6.45) is 0.415. The zero-order valence-electron chi connectivity index (χ0n) is 13.9. The molecule has 0 aliphatic heterocycles. The molecule has 1 aromatic heterocycles. The molecule has 134 valence electrons. The minimum atomic E-state index is -0.969. The number of nitrogens with one attached hydrogen (secondary N) is 1. The van der Waals surface area contributed by atoms with Crippen molar-refractivity contribution in [2.75, 3.05) is 5.32 Å². The van der Waals surface area contributed by atoms with Gasteiger partial charge in [0, 0.05) is 27.7 Å². The number of carbonyl (C=O) groups excluding carboxylic acids is 2.